The van der Waals surface area contributed by atoms with E-state index in [1.165, 1.54) is 0 Å². The zero-order valence-corrected chi connectivity index (χ0v) is 17.0. The van der Waals surface area contributed by atoms with E-state index >= 15 is 0 Å². The number of halogens is 1. The van der Waals surface area contributed by atoms with Gasteiger partial charge >= 0.3 is 0 Å². The van der Waals surface area contributed by atoms with E-state index in [1.807, 2.05) is 68.4 Å². The summed E-state index contributed by atoms with van der Waals surface area (Å²) >= 11 is 6.18. The summed E-state index contributed by atoms with van der Waals surface area (Å²) in [5, 5.41) is 14.4. The SMILES string of the molecule is CC(C)CC(=O)Cn1nc(-c2ccc(CCO)cc2)cc1-c1cccc(Cl)c1. The number of aliphatic hydroxyl groups excluding tert-OH is 1. The van der Waals surface area contributed by atoms with Gasteiger partial charge in [0.1, 0.15) is 6.54 Å². The summed E-state index contributed by atoms with van der Waals surface area (Å²) in [6.45, 7) is 4.45. The van der Waals surface area contributed by atoms with Crippen molar-refractivity contribution < 1.29 is 9.90 Å². The van der Waals surface area contributed by atoms with Crippen LogP contribution in [0.5, 0.6) is 0 Å². The molecule has 2 aromatic carbocycles. The Balaban J connectivity index is 1.98. The van der Waals surface area contributed by atoms with Crippen LogP contribution in [0.15, 0.2) is 54.6 Å². The van der Waals surface area contributed by atoms with Gasteiger partial charge in [0.05, 0.1) is 11.4 Å². The second kappa shape index (κ2) is 9.18. The lowest BCUT2D eigenvalue weighted by molar-refractivity contribution is -0.120. The molecule has 1 N–H and O–H groups in total. The van der Waals surface area contributed by atoms with Gasteiger partial charge < -0.3 is 5.11 Å². The number of hydrogen-bond donors (Lipinski definition) is 1. The number of rotatable bonds is 8. The van der Waals surface area contributed by atoms with Gasteiger partial charge in [-0.25, -0.2) is 0 Å². The molecular weight excluding hydrogens is 372 g/mol. The van der Waals surface area contributed by atoms with E-state index in [1.54, 1.807) is 4.68 Å². The highest BCUT2D eigenvalue weighted by atomic mass is 35.5. The van der Waals surface area contributed by atoms with Crippen molar-refractivity contribution in [3.05, 3.63) is 65.2 Å². The molecule has 146 valence electrons. The Morgan fingerprint density at radius 1 is 1.11 bits per heavy atom. The molecule has 1 heterocycles. The largest absolute Gasteiger partial charge is 0.396 e. The third-order valence-electron chi connectivity index (χ3n) is 4.51. The van der Waals surface area contributed by atoms with Gasteiger partial charge in [0.25, 0.3) is 0 Å². The van der Waals surface area contributed by atoms with Gasteiger partial charge in [-0.3, -0.25) is 9.48 Å². The molecule has 0 atom stereocenters. The van der Waals surface area contributed by atoms with Crippen molar-refractivity contribution in [2.75, 3.05) is 6.61 Å². The predicted molar refractivity (Wildman–Crippen MR) is 113 cm³/mol. The number of nitrogens with zero attached hydrogens (tertiary/aromatic N) is 2. The van der Waals surface area contributed by atoms with E-state index < -0.39 is 0 Å². The topological polar surface area (TPSA) is 55.1 Å². The fraction of sp³-hybridized carbons (Fsp3) is 0.304. The monoisotopic (exact) mass is 396 g/mol. The van der Waals surface area contributed by atoms with Crippen LogP contribution < -0.4 is 0 Å². The fourth-order valence-electron chi connectivity index (χ4n) is 3.22. The van der Waals surface area contributed by atoms with E-state index in [9.17, 15) is 4.79 Å². The number of carbonyl (C=O) groups is 1. The van der Waals surface area contributed by atoms with Gasteiger partial charge in [-0.2, -0.15) is 5.10 Å². The van der Waals surface area contributed by atoms with E-state index in [4.69, 9.17) is 21.8 Å². The minimum absolute atomic E-state index is 0.130. The molecular formula is C23H25ClN2O2. The van der Waals surface area contributed by atoms with Crippen LogP contribution in [0.4, 0.5) is 0 Å². The van der Waals surface area contributed by atoms with Crippen LogP contribution in [0, 0.1) is 5.92 Å². The van der Waals surface area contributed by atoms with Crippen LogP contribution in [0.25, 0.3) is 22.5 Å². The zero-order chi connectivity index (χ0) is 20.1. The maximum absolute atomic E-state index is 12.4. The first kappa shape index (κ1) is 20.3. The summed E-state index contributed by atoms with van der Waals surface area (Å²) in [6, 6.07) is 17.6. The third-order valence-corrected chi connectivity index (χ3v) is 4.75. The zero-order valence-electron chi connectivity index (χ0n) is 16.2. The summed E-state index contributed by atoms with van der Waals surface area (Å²) in [5.74, 6) is 0.474. The minimum atomic E-state index is 0.130. The number of ketones is 1. The number of aromatic nitrogens is 2. The predicted octanol–water partition coefficient (Wildman–Crippen LogP) is 5.02. The minimum Gasteiger partial charge on any atom is -0.396 e. The Morgan fingerprint density at radius 2 is 1.86 bits per heavy atom. The lowest BCUT2D eigenvalue weighted by atomic mass is 10.1. The Hall–Kier alpha value is -2.43. The maximum atomic E-state index is 12.4. The first-order chi connectivity index (χ1) is 13.5. The van der Waals surface area contributed by atoms with E-state index in [2.05, 4.69) is 0 Å². The van der Waals surface area contributed by atoms with E-state index in [-0.39, 0.29) is 18.9 Å². The van der Waals surface area contributed by atoms with Gasteiger partial charge in [-0.05, 0) is 36.1 Å². The molecule has 0 bridgehead atoms. The second-order valence-electron chi connectivity index (χ2n) is 7.39. The van der Waals surface area contributed by atoms with E-state index in [0.29, 0.717) is 23.8 Å². The van der Waals surface area contributed by atoms with Gasteiger partial charge in [0.2, 0.25) is 0 Å². The van der Waals surface area contributed by atoms with Crippen LogP contribution in [0.1, 0.15) is 25.8 Å². The average molecular weight is 397 g/mol. The van der Waals surface area contributed by atoms with Crippen molar-refractivity contribution in [3.63, 3.8) is 0 Å². The van der Waals surface area contributed by atoms with Crippen molar-refractivity contribution >= 4 is 17.4 Å². The first-order valence-corrected chi connectivity index (χ1v) is 9.89. The summed E-state index contributed by atoms with van der Waals surface area (Å²) in [4.78, 5) is 12.4. The van der Waals surface area contributed by atoms with Crippen molar-refractivity contribution in [1.82, 2.24) is 9.78 Å². The molecule has 0 radical (unpaired) electrons. The maximum Gasteiger partial charge on any atom is 0.154 e. The smallest absolute Gasteiger partial charge is 0.154 e. The van der Waals surface area contributed by atoms with Crippen LogP contribution in [0.3, 0.4) is 0 Å². The van der Waals surface area contributed by atoms with Gasteiger partial charge in [-0.15, -0.1) is 0 Å². The van der Waals surface area contributed by atoms with Crippen LogP contribution in [0.2, 0.25) is 5.02 Å². The summed E-state index contributed by atoms with van der Waals surface area (Å²) < 4.78 is 1.77. The molecule has 0 saturated carbocycles. The van der Waals surface area contributed by atoms with Gasteiger partial charge in [-0.1, -0.05) is 61.8 Å². The lowest BCUT2D eigenvalue weighted by Crippen LogP contribution is -2.14. The highest BCUT2D eigenvalue weighted by molar-refractivity contribution is 6.30. The lowest BCUT2D eigenvalue weighted by Gasteiger charge is -2.08. The Bertz CT molecular complexity index is 945. The highest BCUT2D eigenvalue weighted by Crippen LogP contribution is 2.28. The third kappa shape index (κ3) is 5.09. The highest BCUT2D eigenvalue weighted by Gasteiger charge is 2.15. The molecule has 0 aliphatic carbocycles. The van der Waals surface area contributed by atoms with Crippen LogP contribution in [-0.2, 0) is 17.8 Å². The van der Waals surface area contributed by atoms with Crippen molar-refractivity contribution in [3.8, 4) is 22.5 Å². The molecule has 3 rings (SSSR count). The Labute approximate surface area is 170 Å². The fourth-order valence-corrected chi connectivity index (χ4v) is 3.41. The quantitative estimate of drug-likeness (QED) is 0.581. The van der Waals surface area contributed by atoms with Crippen molar-refractivity contribution in [1.29, 1.82) is 0 Å². The molecule has 5 heteroatoms. The molecule has 0 spiro atoms. The van der Waals surface area contributed by atoms with Gasteiger partial charge in [0, 0.05) is 29.2 Å². The van der Waals surface area contributed by atoms with Gasteiger partial charge in [0.15, 0.2) is 5.78 Å². The standard InChI is InChI=1S/C23H25ClN2O2/c1-16(2)12-21(28)15-26-23(19-4-3-5-20(24)13-19)14-22(25-26)18-8-6-17(7-9-18)10-11-27/h3-9,13-14,16,27H,10-12,15H2,1-2H3. The number of aliphatic hydroxyl groups is 1. The molecule has 0 aliphatic heterocycles. The molecule has 0 aliphatic rings. The Morgan fingerprint density at radius 3 is 2.50 bits per heavy atom. The normalized spacial score (nSPS) is 11.2. The van der Waals surface area contributed by atoms with Crippen LogP contribution in [-0.4, -0.2) is 27.3 Å². The Kier molecular flexibility index (Phi) is 6.65. The number of hydrogen-bond acceptors (Lipinski definition) is 3. The summed E-state index contributed by atoms with van der Waals surface area (Å²) in [5.41, 5.74) is 4.66. The molecule has 28 heavy (non-hydrogen) atoms. The molecule has 0 unspecified atom stereocenters. The molecule has 0 amide bonds. The summed E-state index contributed by atoms with van der Waals surface area (Å²) in [6.07, 6.45) is 1.16. The van der Waals surface area contributed by atoms with Crippen LogP contribution >= 0.6 is 11.6 Å². The molecule has 0 saturated heterocycles. The summed E-state index contributed by atoms with van der Waals surface area (Å²) in [7, 11) is 0. The average Bonchev–Trinajstić information content (AvgIpc) is 3.05. The molecule has 3 aromatic rings. The second-order valence-corrected chi connectivity index (χ2v) is 7.83. The molecule has 4 nitrogen and oxygen atoms in total. The van der Waals surface area contributed by atoms with E-state index in [0.717, 1.165) is 28.1 Å². The number of benzene rings is 2. The molecule has 0 fully saturated rings. The van der Waals surface area contributed by atoms with Crippen molar-refractivity contribution in [2.24, 2.45) is 5.92 Å². The van der Waals surface area contributed by atoms with Crippen molar-refractivity contribution in [2.45, 2.75) is 33.2 Å². The number of Topliss-reactive ketones (excluding diaryl/α,β-unsaturated/α-hetero) is 1. The number of carbonyl (C=O) groups excluding carboxylic acids is 1. The molecule has 1 aromatic heterocycles. The first-order valence-electron chi connectivity index (χ1n) is 9.52.